The minimum Gasteiger partial charge on any atom is -0.477 e. The second-order valence-corrected chi connectivity index (χ2v) is 6.35. The van der Waals surface area contributed by atoms with Gasteiger partial charge in [0.25, 0.3) is 0 Å². The summed E-state index contributed by atoms with van der Waals surface area (Å²) in [5.41, 5.74) is 0. The standard InChI is InChI=1S/C15H21BrN2O/c1-10(2)15-17-13(16)8-14(18-15)19-9-12-7-5-4-6-11(12)3/h4-5,8,10-12H,6-7,9H2,1-3H3. The van der Waals surface area contributed by atoms with Crippen LogP contribution in [0.15, 0.2) is 22.8 Å². The molecule has 1 heterocycles. The van der Waals surface area contributed by atoms with Crippen molar-refractivity contribution in [1.29, 1.82) is 0 Å². The fourth-order valence-corrected chi connectivity index (χ4v) is 2.55. The molecule has 0 saturated carbocycles. The van der Waals surface area contributed by atoms with Gasteiger partial charge >= 0.3 is 0 Å². The molecule has 0 N–H and O–H groups in total. The zero-order valence-corrected chi connectivity index (χ0v) is 13.4. The normalized spacial score (nSPS) is 22.8. The number of hydrogen-bond donors (Lipinski definition) is 0. The summed E-state index contributed by atoms with van der Waals surface area (Å²) in [6.07, 6.45) is 6.77. The lowest BCUT2D eigenvalue weighted by molar-refractivity contribution is 0.192. The van der Waals surface area contributed by atoms with Crippen LogP contribution in [-0.4, -0.2) is 16.6 Å². The molecule has 0 radical (unpaired) electrons. The van der Waals surface area contributed by atoms with Crippen molar-refractivity contribution in [3.05, 3.63) is 28.6 Å². The van der Waals surface area contributed by atoms with Crippen molar-refractivity contribution in [2.45, 2.75) is 39.5 Å². The van der Waals surface area contributed by atoms with Crippen LogP contribution >= 0.6 is 15.9 Å². The Morgan fingerprint density at radius 3 is 2.74 bits per heavy atom. The first kappa shape index (κ1) is 14.5. The van der Waals surface area contributed by atoms with Gasteiger partial charge in [0.15, 0.2) is 0 Å². The van der Waals surface area contributed by atoms with E-state index >= 15 is 0 Å². The molecule has 1 aromatic heterocycles. The van der Waals surface area contributed by atoms with Crippen molar-refractivity contribution in [2.75, 3.05) is 6.61 Å². The second-order valence-electron chi connectivity index (χ2n) is 5.53. The topological polar surface area (TPSA) is 35.0 Å². The number of allylic oxidation sites excluding steroid dienone is 2. The SMILES string of the molecule is CC(C)c1nc(Br)cc(OCC2CC=CCC2C)n1. The molecule has 104 valence electrons. The Labute approximate surface area is 123 Å². The van der Waals surface area contributed by atoms with Crippen molar-refractivity contribution in [1.82, 2.24) is 9.97 Å². The van der Waals surface area contributed by atoms with Gasteiger partial charge in [-0.05, 0) is 40.6 Å². The summed E-state index contributed by atoms with van der Waals surface area (Å²) >= 11 is 3.42. The molecule has 0 aliphatic heterocycles. The van der Waals surface area contributed by atoms with Crippen molar-refractivity contribution in [3.8, 4) is 5.88 Å². The fraction of sp³-hybridized carbons (Fsp3) is 0.600. The van der Waals surface area contributed by atoms with Gasteiger partial charge in [0.05, 0.1) is 6.61 Å². The van der Waals surface area contributed by atoms with E-state index in [9.17, 15) is 0 Å². The summed E-state index contributed by atoms with van der Waals surface area (Å²) in [6.45, 7) is 7.18. The summed E-state index contributed by atoms with van der Waals surface area (Å²) < 4.78 is 6.66. The monoisotopic (exact) mass is 324 g/mol. The van der Waals surface area contributed by atoms with Gasteiger partial charge in [-0.3, -0.25) is 0 Å². The van der Waals surface area contributed by atoms with E-state index in [0.29, 0.717) is 23.6 Å². The van der Waals surface area contributed by atoms with Crippen molar-refractivity contribution in [3.63, 3.8) is 0 Å². The summed E-state index contributed by atoms with van der Waals surface area (Å²) in [7, 11) is 0. The first-order chi connectivity index (χ1) is 9.06. The van der Waals surface area contributed by atoms with E-state index in [2.05, 4.69) is 58.8 Å². The highest BCUT2D eigenvalue weighted by Gasteiger charge is 2.19. The minimum absolute atomic E-state index is 0.302. The smallest absolute Gasteiger partial charge is 0.217 e. The predicted octanol–water partition coefficient (Wildman–Crippen LogP) is 4.34. The molecule has 1 aromatic rings. The van der Waals surface area contributed by atoms with Gasteiger partial charge in [0.1, 0.15) is 10.4 Å². The maximum atomic E-state index is 5.87. The first-order valence-electron chi connectivity index (χ1n) is 6.88. The highest BCUT2D eigenvalue weighted by Crippen LogP contribution is 2.26. The van der Waals surface area contributed by atoms with E-state index in [4.69, 9.17) is 4.74 Å². The predicted molar refractivity (Wildman–Crippen MR) is 80.3 cm³/mol. The van der Waals surface area contributed by atoms with E-state index in [1.165, 1.54) is 0 Å². The summed E-state index contributed by atoms with van der Waals surface area (Å²) in [5.74, 6) is 3.06. The Morgan fingerprint density at radius 1 is 1.32 bits per heavy atom. The molecule has 0 bridgehead atoms. The molecule has 0 spiro atoms. The number of nitrogens with zero attached hydrogens (tertiary/aromatic N) is 2. The highest BCUT2D eigenvalue weighted by molar-refractivity contribution is 9.10. The van der Waals surface area contributed by atoms with Gasteiger partial charge in [-0.15, -0.1) is 0 Å². The second kappa shape index (κ2) is 6.51. The van der Waals surface area contributed by atoms with Gasteiger partial charge in [-0.2, -0.15) is 4.98 Å². The maximum absolute atomic E-state index is 5.87. The molecule has 0 fully saturated rings. The third-order valence-corrected chi connectivity index (χ3v) is 3.97. The Morgan fingerprint density at radius 2 is 2.05 bits per heavy atom. The van der Waals surface area contributed by atoms with Crippen LogP contribution in [0.2, 0.25) is 0 Å². The highest BCUT2D eigenvalue weighted by atomic mass is 79.9. The Hall–Kier alpha value is -0.900. The summed E-state index contributed by atoms with van der Waals surface area (Å²) in [4.78, 5) is 8.82. The van der Waals surface area contributed by atoms with Crippen LogP contribution in [0.25, 0.3) is 0 Å². The average molecular weight is 325 g/mol. The largest absolute Gasteiger partial charge is 0.477 e. The lowest BCUT2D eigenvalue weighted by Crippen LogP contribution is -2.21. The number of halogens is 1. The van der Waals surface area contributed by atoms with Crippen LogP contribution in [0, 0.1) is 11.8 Å². The van der Waals surface area contributed by atoms with Crippen molar-refractivity contribution >= 4 is 15.9 Å². The summed E-state index contributed by atoms with van der Waals surface area (Å²) in [6, 6.07) is 1.84. The molecule has 2 atom stereocenters. The van der Waals surface area contributed by atoms with E-state index in [1.807, 2.05) is 6.07 Å². The third-order valence-electron chi connectivity index (χ3n) is 3.57. The summed E-state index contributed by atoms with van der Waals surface area (Å²) in [5, 5.41) is 0. The molecule has 19 heavy (non-hydrogen) atoms. The number of ether oxygens (including phenoxy) is 1. The van der Waals surface area contributed by atoms with Crippen LogP contribution in [0.5, 0.6) is 5.88 Å². The lowest BCUT2D eigenvalue weighted by Gasteiger charge is -2.25. The van der Waals surface area contributed by atoms with Gasteiger partial charge in [-0.25, -0.2) is 4.98 Å². The molecule has 1 aliphatic rings. The van der Waals surface area contributed by atoms with Crippen LogP contribution in [0.3, 0.4) is 0 Å². The van der Waals surface area contributed by atoms with Gasteiger partial charge in [0, 0.05) is 12.0 Å². The Balaban J connectivity index is 2.01. The molecular weight excluding hydrogens is 304 g/mol. The quantitative estimate of drug-likeness (QED) is 0.610. The van der Waals surface area contributed by atoms with Crippen molar-refractivity contribution < 1.29 is 4.74 Å². The number of aromatic nitrogens is 2. The maximum Gasteiger partial charge on any atom is 0.217 e. The zero-order valence-electron chi connectivity index (χ0n) is 11.8. The molecule has 1 aliphatic carbocycles. The molecule has 2 rings (SSSR count). The van der Waals surface area contributed by atoms with E-state index in [-0.39, 0.29) is 0 Å². The van der Waals surface area contributed by atoms with Gasteiger partial charge < -0.3 is 4.74 Å². The molecule has 3 nitrogen and oxygen atoms in total. The first-order valence-corrected chi connectivity index (χ1v) is 7.68. The van der Waals surface area contributed by atoms with E-state index in [0.717, 1.165) is 29.9 Å². The van der Waals surface area contributed by atoms with Gasteiger partial charge in [-0.1, -0.05) is 32.9 Å². The van der Waals surface area contributed by atoms with Crippen LogP contribution < -0.4 is 4.74 Å². The van der Waals surface area contributed by atoms with Gasteiger partial charge in [0.2, 0.25) is 5.88 Å². The molecule has 0 saturated heterocycles. The van der Waals surface area contributed by atoms with Crippen LogP contribution in [-0.2, 0) is 0 Å². The van der Waals surface area contributed by atoms with Crippen LogP contribution in [0.1, 0.15) is 45.4 Å². The van der Waals surface area contributed by atoms with E-state index in [1.54, 1.807) is 0 Å². The molecule has 0 aromatic carbocycles. The number of hydrogen-bond acceptors (Lipinski definition) is 3. The lowest BCUT2D eigenvalue weighted by atomic mass is 9.85. The van der Waals surface area contributed by atoms with Crippen LogP contribution in [0.4, 0.5) is 0 Å². The number of rotatable bonds is 4. The Bertz CT molecular complexity index is 459. The van der Waals surface area contributed by atoms with Crippen molar-refractivity contribution in [2.24, 2.45) is 11.8 Å². The Kier molecular flexibility index (Phi) is 4.97. The molecular formula is C15H21BrN2O. The minimum atomic E-state index is 0.302. The van der Waals surface area contributed by atoms with E-state index < -0.39 is 0 Å². The fourth-order valence-electron chi connectivity index (χ4n) is 2.18. The average Bonchev–Trinajstić information content (AvgIpc) is 2.37. The molecule has 0 amide bonds. The molecule has 4 heteroatoms. The molecule has 2 unspecified atom stereocenters. The zero-order chi connectivity index (χ0) is 13.8. The third kappa shape index (κ3) is 4.03.